The summed E-state index contributed by atoms with van der Waals surface area (Å²) in [5.41, 5.74) is 0.121. The van der Waals surface area contributed by atoms with Crippen LogP contribution in [0.25, 0.3) is 0 Å². The van der Waals surface area contributed by atoms with E-state index in [9.17, 15) is 27.6 Å². The van der Waals surface area contributed by atoms with E-state index in [1.165, 1.54) is 12.1 Å². The second-order valence-electron chi connectivity index (χ2n) is 5.17. The van der Waals surface area contributed by atoms with Gasteiger partial charge < -0.3 is 5.32 Å². The van der Waals surface area contributed by atoms with Gasteiger partial charge in [-0.1, -0.05) is 13.3 Å². The van der Waals surface area contributed by atoms with E-state index in [-0.39, 0.29) is 23.2 Å². The molecule has 1 heterocycles. The van der Waals surface area contributed by atoms with Crippen molar-refractivity contribution in [1.29, 1.82) is 0 Å². The highest BCUT2D eigenvalue weighted by Gasteiger charge is 2.35. The second-order valence-corrected chi connectivity index (χ2v) is 5.17. The number of hydrogen-bond donors (Lipinski definition) is 1. The molecule has 1 aromatic rings. The number of carbonyl (C=O) groups excluding carboxylic acids is 3. The number of amides is 3. The molecule has 8 heteroatoms. The van der Waals surface area contributed by atoms with E-state index in [0.717, 1.165) is 17.4 Å². The average molecular weight is 328 g/mol. The van der Waals surface area contributed by atoms with Crippen molar-refractivity contribution in [2.24, 2.45) is 0 Å². The molecule has 0 radical (unpaired) electrons. The summed E-state index contributed by atoms with van der Waals surface area (Å²) in [6.45, 7) is 0.734. The molecule has 0 unspecified atom stereocenters. The molecule has 0 fully saturated rings. The smallest absolute Gasteiger partial charge is 0.343 e. The lowest BCUT2D eigenvalue weighted by molar-refractivity contribution is -0.123. The van der Waals surface area contributed by atoms with Crippen LogP contribution in [0.3, 0.4) is 0 Å². The lowest BCUT2D eigenvalue weighted by atomic mass is 10.1. The van der Waals surface area contributed by atoms with Crippen molar-refractivity contribution in [3.8, 4) is 0 Å². The van der Waals surface area contributed by atoms with Crippen molar-refractivity contribution in [1.82, 2.24) is 10.2 Å². The Morgan fingerprint density at radius 2 is 1.83 bits per heavy atom. The number of carbonyl (C=O) groups is 3. The maximum Gasteiger partial charge on any atom is 0.405 e. The highest BCUT2D eigenvalue weighted by molar-refractivity contribution is 6.22. The fourth-order valence-corrected chi connectivity index (χ4v) is 2.23. The van der Waals surface area contributed by atoms with Crippen molar-refractivity contribution in [3.05, 3.63) is 34.9 Å². The zero-order chi connectivity index (χ0) is 17.2. The number of fused-ring (bicyclic) bond motifs is 1. The standard InChI is InChI=1S/C15H15F3N2O3/c1-2-3-6-20-13(22)10-5-4-9(7-11(10)14(20)23)12(21)19-8-15(16,17)18/h4-5,7H,2-3,6,8H2,1H3,(H,19,21). The largest absolute Gasteiger partial charge is 0.405 e. The third kappa shape index (κ3) is 3.69. The van der Waals surface area contributed by atoms with Crippen molar-refractivity contribution >= 4 is 17.7 Å². The third-order valence-corrected chi connectivity index (χ3v) is 3.42. The summed E-state index contributed by atoms with van der Waals surface area (Å²) in [4.78, 5) is 37.1. The molecule has 124 valence electrons. The minimum Gasteiger partial charge on any atom is -0.343 e. The third-order valence-electron chi connectivity index (χ3n) is 3.42. The summed E-state index contributed by atoms with van der Waals surface area (Å²) in [6, 6.07) is 3.69. The molecule has 0 saturated carbocycles. The van der Waals surface area contributed by atoms with Crippen molar-refractivity contribution in [2.75, 3.05) is 13.1 Å². The van der Waals surface area contributed by atoms with Gasteiger partial charge in [-0.3, -0.25) is 19.3 Å². The van der Waals surface area contributed by atoms with Crippen LogP contribution in [0.2, 0.25) is 0 Å². The van der Waals surface area contributed by atoms with Gasteiger partial charge in [0.25, 0.3) is 17.7 Å². The Morgan fingerprint density at radius 3 is 2.43 bits per heavy atom. The summed E-state index contributed by atoms with van der Waals surface area (Å²) in [6.07, 6.45) is -3.06. The first-order valence-corrected chi connectivity index (χ1v) is 7.10. The molecule has 2 rings (SSSR count). The molecule has 23 heavy (non-hydrogen) atoms. The van der Waals surface area contributed by atoms with Gasteiger partial charge in [-0.05, 0) is 24.6 Å². The SMILES string of the molecule is CCCCN1C(=O)c2ccc(C(=O)NCC(F)(F)F)cc2C1=O. The Bertz CT molecular complexity index is 656. The van der Waals surface area contributed by atoms with E-state index >= 15 is 0 Å². The van der Waals surface area contributed by atoms with Gasteiger partial charge in [-0.25, -0.2) is 0 Å². The van der Waals surface area contributed by atoms with Gasteiger partial charge in [-0.2, -0.15) is 13.2 Å². The van der Waals surface area contributed by atoms with E-state index in [1.54, 1.807) is 5.32 Å². The monoisotopic (exact) mass is 328 g/mol. The minimum absolute atomic E-state index is 0.0470. The predicted molar refractivity (Wildman–Crippen MR) is 75.1 cm³/mol. The first kappa shape index (κ1) is 17.0. The normalized spacial score (nSPS) is 14.2. The molecule has 0 aliphatic carbocycles. The van der Waals surface area contributed by atoms with Crippen molar-refractivity contribution < 1.29 is 27.6 Å². The molecule has 5 nitrogen and oxygen atoms in total. The summed E-state index contributed by atoms with van der Waals surface area (Å²) in [5.74, 6) is -1.91. The Kier molecular flexibility index (Phi) is 4.72. The quantitative estimate of drug-likeness (QED) is 0.844. The predicted octanol–water partition coefficient (Wildman–Crippen LogP) is 2.37. The molecule has 3 amide bonds. The fraction of sp³-hybridized carbons (Fsp3) is 0.400. The molecule has 0 bridgehead atoms. The van der Waals surface area contributed by atoms with Crippen molar-refractivity contribution in [2.45, 2.75) is 25.9 Å². The number of nitrogens with zero attached hydrogens (tertiary/aromatic N) is 1. The lowest BCUT2D eigenvalue weighted by Crippen LogP contribution is -2.33. The van der Waals surface area contributed by atoms with Crippen LogP contribution in [0, 0.1) is 0 Å². The number of rotatable bonds is 5. The summed E-state index contributed by atoms with van der Waals surface area (Å²) in [7, 11) is 0. The minimum atomic E-state index is -4.52. The van der Waals surface area contributed by atoms with Gasteiger partial charge in [-0.15, -0.1) is 0 Å². The fourth-order valence-electron chi connectivity index (χ4n) is 2.23. The van der Waals surface area contributed by atoms with Gasteiger partial charge in [0.15, 0.2) is 0 Å². The van der Waals surface area contributed by atoms with E-state index < -0.39 is 30.4 Å². The maximum absolute atomic E-state index is 12.2. The first-order valence-electron chi connectivity index (χ1n) is 7.10. The van der Waals surface area contributed by atoms with Crippen LogP contribution in [0.15, 0.2) is 18.2 Å². The summed E-state index contributed by atoms with van der Waals surface area (Å²) < 4.78 is 36.3. The van der Waals surface area contributed by atoms with E-state index in [4.69, 9.17) is 0 Å². The molecule has 0 saturated heterocycles. The van der Waals surface area contributed by atoms with Crippen LogP contribution >= 0.6 is 0 Å². The van der Waals surface area contributed by atoms with Gasteiger partial charge >= 0.3 is 6.18 Å². The first-order chi connectivity index (χ1) is 10.7. The van der Waals surface area contributed by atoms with E-state index in [1.807, 2.05) is 6.92 Å². The zero-order valence-electron chi connectivity index (χ0n) is 12.4. The number of unbranched alkanes of at least 4 members (excludes halogenated alkanes) is 1. The number of hydrogen-bond acceptors (Lipinski definition) is 3. The summed E-state index contributed by atoms with van der Waals surface area (Å²) in [5, 5.41) is 1.73. The molecule has 1 aromatic carbocycles. The van der Waals surface area contributed by atoms with E-state index in [0.29, 0.717) is 6.42 Å². The van der Waals surface area contributed by atoms with Gasteiger partial charge in [0.1, 0.15) is 6.54 Å². The Morgan fingerprint density at radius 1 is 1.17 bits per heavy atom. The molecule has 0 atom stereocenters. The Balaban J connectivity index is 2.18. The van der Waals surface area contributed by atoms with Gasteiger partial charge in [0.2, 0.25) is 0 Å². The Hall–Kier alpha value is -2.38. The van der Waals surface area contributed by atoms with Crippen LogP contribution in [0.5, 0.6) is 0 Å². The topological polar surface area (TPSA) is 66.5 Å². The summed E-state index contributed by atoms with van der Waals surface area (Å²) >= 11 is 0. The number of halogens is 3. The van der Waals surface area contributed by atoms with Crippen LogP contribution in [-0.2, 0) is 0 Å². The average Bonchev–Trinajstić information content (AvgIpc) is 2.73. The number of benzene rings is 1. The molecule has 0 aromatic heterocycles. The maximum atomic E-state index is 12.2. The lowest BCUT2D eigenvalue weighted by Gasteiger charge is -2.12. The van der Waals surface area contributed by atoms with Crippen LogP contribution < -0.4 is 5.32 Å². The van der Waals surface area contributed by atoms with Crippen LogP contribution in [0.4, 0.5) is 13.2 Å². The molecule has 1 aliphatic rings. The molecular formula is C15H15F3N2O3. The number of imide groups is 1. The van der Waals surface area contributed by atoms with E-state index in [2.05, 4.69) is 0 Å². The van der Waals surface area contributed by atoms with Crippen molar-refractivity contribution in [3.63, 3.8) is 0 Å². The van der Waals surface area contributed by atoms with Gasteiger partial charge in [0.05, 0.1) is 11.1 Å². The highest BCUT2D eigenvalue weighted by atomic mass is 19.4. The van der Waals surface area contributed by atoms with Crippen LogP contribution in [0.1, 0.15) is 50.8 Å². The molecule has 1 N–H and O–H groups in total. The second kappa shape index (κ2) is 6.39. The number of alkyl halides is 3. The molecular weight excluding hydrogens is 313 g/mol. The Labute approximate surface area is 130 Å². The molecule has 0 spiro atoms. The van der Waals surface area contributed by atoms with Crippen LogP contribution in [-0.4, -0.2) is 41.9 Å². The van der Waals surface area contributed by atoms with Gasteiger partial charge in [0, 0.05) is 12.1 Å². The molecule has 1 aliphatic heterocycles. The highest BCUT2D eigenvalue weighted by Crippen LogP contribution is 2.24. The number of nitrogens with one attached hydrogen (secondary N) is 1. The zero-order valence-corrected chi connectivity index (χ0v) is 12.4.